The summed E-state index contributed by atoms with van der Waals surface area (Å²) in [6.45, 7) is 2.72. The molecule has 8 nitrogen and oxygen atoms in total. The Morgan fingerprint density at radius 1 is 1.13 bits per heavy atom. The van der Waals surface area contributed by atoms with E-state index in [1.54, 1.807) is 0 Å². The number of carbonyl (C=O) groups is 1. The monoisotopic (exact) mass is 430 g/mol. The third kappa shape index (κ3) is 7.70. The molecule has 30 heavy (non-hydrogen) atoms. The van der Waals surface area contributed by atoms with Crippen molar-refractivity contribution >= 4 is 23.5 Å². The number of nitrogens with one attached hydrogen (secondary N) is 3. The first-order valence-electron chi connectivity index (χ1n) is 8.90. The van der Waals surface area contributed by atoms with Crippen LogP contribution in [0, 0.1) is 12.7 Å². The van der Waals surface area contributed by atoms with Gasteiger partial charge in [-0.2, -0.15) is 4.98 Å². The number of amides is 2. The molecule has 0 spiro atoms. The highest BCUT2D eigenvalue weighted by atomic mass is 19.4. The molecule has 1 aromatic carbocycles. The van der Waals surface area contributed by atoms with Crippen LogP contribution >= 0.6 is 0 Å². The molecule has 0 aliphatic rings. The fraction of sp³-hybridized carbons (Fsp3) is 0.389. The van der Waals surface area contributed by atoms with E-state index in [9.17, 15) is 22.4 Å². The zero-order chi connectivity index (χ0) is 22.3. The van der Waals surface area contributed by atoms with Crippen LogP contribution in [0.2, 0.25) is 0 Å². The van der Waals surface area contributed by atoms with Gasteiger partial charge in [-0.3, -0.25) is 5.32 Å². The van der Waals surface area contributed by atoms with Crippen molar-refractivity contribution in [2.75, 3.05) is 43.1 Å². The molecule has 1 aromatic heterocycles. The number of alkyl halides is 3. The van der Waals surface area contributed by atoms with Crippen molar-refractivity contribution in [2.24, 2.45) is 0 Å². The number of rotatable bonds is 8. The molecule has 12 heteroatoms. The predicted octanol–water partition coefficient (Wildman–Crippen LogP) is 3.83. The molecule has 0 saturated heterocycles. The summed E-state index contributed by atoms with van der Waals surface area (Å²) in [5.74, 6) is -1.20. The second-order valence-corrected chi connectivity index (χ2v) is 6.53. The van der Waals surface area contributed by atoms with Crippen LogP contribution in [0.4, 0.5) is 39.8 Å². The fourth-order valence-electron chi connectivity index (χ4n) is 2.34. The molecule has 0 atom stereocenters. The maximum Gasteiger partial charge on any atom is 0.573 e. The van der Waals surface area contributed by atoms with E-state index < -0.39 is 24.0 Å². The van der Waals surface area contributed by atoms with Crippen molar-refractivity contribution < 1.29 is 27.1 Å². The number of urea groups is 1. The van der Waals surface area contributed by atoms with Gasteiger partial charge in [-0.25, -0.2) is 14.2 Å². The second-order valence-electron chi connectivity index (χ2n) is 6.53. The smallest absolute Gasteiger partial charge is 0.406 e. The molecule has 0 unspecified atom stereocenters. The standard InChI is InChI=1S/C18H22F4N6O2/c1-11-14(19)15(23-9-4-10-28(2)3)26-16(24-11)27-17(29)25-12-5-7-13(8-6-12)30-18(20,21)22/h5-8H,4,9-10H2,1-3H3,(H3,23,24,25,26,27,29). The first-order chi connectivity index (χ1) is 14.0. The molecule has 2 amide bonds. The van der Waals surface area contributed by atoms with Gasteiger partial charge in [0.25, 0.3) is 0 Å². The van der Waals surface area contributed by atoms with E-state index in [-0.39, 0.29) is 23.1 Å². The molecular weight excluding hydrogens is 408 g/mol. The van der Waals surface area contributed by atoms with E-state index in [2.05, 4.69) is 30.7 Å². The molecule has 0 saturated carbocycles. The summed E-state index contributed by atoms with van der Waals surface area (Å²) in [7, 11) is 3.85. The normalized spacial score (nSPS) is 11.3. The van der Waals surface area contributed by atoms with Crippen LogP contribution in [0.5, 0.6) is 5.75 Å². The van der Waals surface area contributed by atoms with E-state index in [1.165, 1.54) is 19.1 Å². The highest BCUT2D eigenvalue weighted by Crippen LogP contribution is 2.24. The van der Waals surface area contributed by atoms with Crippen molar-refractivity contribution in [1.29, 1.82) is 0 Å². The first kappa shape index (κ1) is 23.1. The van der Waals surface area contributed by atoms with Crippen molar-refractivity contribution in [2.45, 2.75) is 19.7 Å². The fourth-order valence-corrected chi connectivity index (χ4v) is 2.34. The Kier molecular flexibility index (Phi) is 7.75. The van der Waals surface area contributed by atoms with Gasteiger partial charge in [-0.1, -0.05) is 0 Å². The number of nitrogens with zero attached hydrogens (tertiary/aromatic N) is 3. The zero-order valence-electron chi connectivity index (χ0n) is 16.6. The van der Waals surface area contributed by atoms with Crippen LogP contribution in [-0.4, -0.2) is 54.4 Å². The lowest BCUT2D eigenvalue weighted by Gasteiger charge is -2.13. The number of aryl methyl sites for hydroxylation is 1. The molecule has 164 valence electrons. The molecule has 0 radical (unpaired) electrons. The van der Waals surface area contributed by atoms with Gasteiger partial charge in [-0.05, 0) is 58.3 Å². The highest BCUT2D eigenvalue weighted by molar-refractivity contribution is 5.98. The lowest BCUT2D eigenvalue weighted by atomic mass is 10.3. The Morgan fingerprint density at radius 2 is 1.80 bits per heavy atom. The molecule has 2 aromatic rings. The number of hydrogen-bond donors (Lipinski definition) is 3. The molecule has 2 rings (SSSR count). The largest absolute Gasteiger partial charge is 0.573 e. The maximum absolute atomic E-state index is 14.2. The van der Waals surface area contributed by atoms with E-state index in [4.69, 9.17) is 0 Å². The summed E-state index contributed by atoms with van der Waals surface area (Å²) in [4.78, 5) is 21.9. The molecule has 0 aliphatic carbocycles. The lowest BCUT2D eigenvalue weighted by molar-refractivity contribution is -0.274. The van der Waals surface area contributed by atoms with E-state index in [0.29, 0.717) is 6.54 Å². The predicted molar refractivity (Wildman–Crippen MR) is 104 cm³/mol. The van der Waals surface area contributed by atoms with Crippen LogP contribution in [0.3, 0.4) is 0 Å². The number of carbonyl (C=O) groups excluding carboxylic acids is 1. The van der Waals surface area contributed by atoms with Crippen LogP contribution in [0.1, 0.15) is 12.1 Å². The van der Waals surface area contributed by atoms with Gasteiger partial charge >= 0.3 is 12.4 Å². The van der Waals surface area contributed by atoms with Gasteiger partial charge in [0.15, 0.2) is 11.6 Å². The Bertz CT molecular complexity index is 859. The summed E-state index contributed by atoms with van der Waals surface area (Å²) in [5.41, 5.74) is 0.256. The van der Waals surface area contributed by atoms with Crippen LogP contribution in [-0.2, 0) is 0 Å². The number of benzene rings is 1. The molecule has 1 heterocycles. The van der Waals surface area contributed by atoms with Crippen molar-refractivity contribution in [1.82, 2.24) is 14.9 Å². The second kappa shape index (κ2) is 10.1. The number of ether oxygens (including phenoxy) is 1. The molecule has 0 aliphatic heterocycles. The minimum atomic E-state index is -4.80. The quantitative estimate of drug-likeness (QED) is 0.436. The number of halogens is 4. The summed E-state index contributed by atoms with van der Waals surface area (Å²) >= 11 is 0. The van der Waals surface area contributed by atoms with Crippen molar-refractivity contribution in [3.05, 3.63) is 35.8 Å². The Labute approximate surface area is 170 Å². The summed E-state index contributed by atoms with van der Waals surface area (Å²) in [6, 6.07) is 3.82. The number of aromatic nitrogens is 2. The Hall–Kier alpha value is -3.15. The third-order valence-electron chi connectivity index (χ3n) is 3.66. The molecule has 0 fully saturated rings. The van der Waals surface area contributed by atoms with Crippen molar-refractivity contribution in [3.8, 4) is 5.75 Å². The van der Waals surface area contributed by atoms with Crippen molar-refractivity contribution in [3.63, 3.8) is 0 Å². The number of anilines is 3. The Morgan fingerprint density at radius 3 is 2.40 bits per heavy atom. The van der Waals surface area contributed by atoms with E-state index in [0.717, 1.165) is 25.1 Å². The number of hydrogen-bond acceptors (Lipinski definition) is 6. The van der Waals surface area contributed by atoms with Gasteiger partial charge in [0, 0.05) is 12.2 Å². The molecule has 3 N–H and O–H groups in total. The third-order valence-corrected chi connectivity index (χ3v) is 3.66. The summed E-state index contributed by atoms with van der Waals surface area (Å²) in [5, 5.41) is 7.64. The average Bonchev–Trinajstić information content (AvgIpc) is 2.62. The lowest BCUT2D eigenvalue weighted by Crippen LogP contribution is -2.22. The Balaban J connectivity index is 1.97. The zero-order valence-corrected chi connectivity index (χ0v) is 16.6. The SMILES string of the molecule is Cc1nc(NC(=O)Nc2ccc(OC(F)(F)F)cc2)nc(NCCCN(C)C)c1F. The average molecular weight is 430 g/mol. The summed E-state index contributed by atoms with van der Waals surface area (Å²) < 4.78 is 54.5. The van der Waals surface area contributed by atoms with E-state index >= 15 is 0 Å². The van der Waals surface area contributed by atoms with Gasteiger partial charge in [0.1, 0.15) is 5.75 Å². The van der Waals surface area contributed by atoms with Crippen LogP contribution < -0.4 is 20.7 Å². The van der Waals surface area contributed by atoms with Crippen LogP contribution in [0.25, 0.3) is 0 Å². The van der Waals surface area contributed by atoms with Gasteiger partial charge < -0.3 is 20.3 Å². The van der Waals surface area contributed by atoms with Gasteiger partial charge in [0.2, 0.25) is 5.95 Å². The van der Waals surface area contributed by atoms with Crippen LogP contribution in [0.15, 0.2) is 24.3 Å². The highest BCUT2D eigenvalue weighted by Gasteiger charge is 2.31. The minimum absolute atomic E-state index is 0.0368. The molecular formula is C18H22F4N6O2. The van der Waals surface area contributed by atoms with Gasteiger partial charge in [0.05, 0.1) is 5.69 Å². The summed E-state index contributed by atoms with van der Waals surface area (Å²) in [6.07, 6.45) is -4.05. The molecule has 0 bridgehead atoms. The topological polar surface area (TPSA) is 91.4 Å². The first-order valence-corrected chi connectivity index (χ1v) is 8.90. The van der Waals surface area contributed by atoms with Gasteiger partial charge in [-0.15, -0.1) is 13.2 Å². The maximum atomic E-state index is 14.2. The minimum Gasteiger partial charge on any atom is -0.406 e. The van der Waals surface area contributed by atoms with E-state index in [1.807, 2.05) is 19.0 Å².